The number of amides is 3. The maximum Gasteiger partial charge on any atom is 0.334 e. The molecule has 1 rings (SSSR count). The summed E-state index contributed by atoms with van der Waals surface area (Å²) < 4.78 is 4.75. The van der Waals surface area contributed by atoms with E-state index < -0.39 is 12.1 Å². The molecule has 1 saturated heterocycles. The van der Waals surface area contributed by atoms with Crippen molar-refractivity contribution >= 4 is 17.9 Å². The zero-order chi connectivity index (χ0) is 15.8. The molecule has 8 heteroatoms. The van der Waals surface area contributed by atoms with Crippen LogP contribution in [0.15, 0.2) is 0 Å². The van der Waals surface area contributed by atoms with Gasteiger partial charge in [0.15, 0.2) is 6.10 Å². The largest absolute Gasteiger partial charge is 0.479 e. The molecule has 0 aromatic heterocycles. The van der Waals surface area contributed by atoms with Crippen molar-refractivity contribution in [2.24, 2.45) is 5.92 Å². The highest BCUT2D eigenvalue weighted by molar-refractivity contribution is 5.77. The standard InChI is InChI=1S/C13H23N3O5/c1-9(17)14-7-10-3-5-16(6-4-10)13(20)15-8-11(21-2)12(18)19/h10-11H,3-8H2,1-2H3,(H,14,17)(H,15,20)(H,18,19). The van der Waals surface area contributed by atoms with Crippen molar-refractivity contribution in [2.45, 2.75) is 25.9 Å². The zero-order valence-electron chi connectivity index (χ0n) is 12.4. The molecule has 0 radical (unpaired) electrons. The highest BCUT2D eigenvalue weighted by atomic mass is 16.5. The predicted molar refractivity (Wildman–Crippen MR) is 74.8 cm³/mol. The Morgan fingerprint density at radius 1 is 1.29 bits per heavy atom. The number of likely N-dealkylation sites (tertiary alicyclic amines) is 1. The van der Waals surface area contributed by atoms with Gasteiger partial charge in [0.25, 0.3) is 0 Å². The number of carbonyl (C=O) groups is 3. The van der Waals surface area contributed by atoms with Crippen LogP contribution in [0.4, 0.5) is 4.79 Å². The van der Waals surface area contributed by atoms with Gasteiger partial charge in [-0.3, -0.25) is 4.79 Å². The fourth-order valence-electron chi connectivity index (χ4n) is 2.19. The number of carboxylic acids is 1. The number of piperidine rings is 1. The van der Waals surface area contributed by atoms with Gasteiger partial charge < -0.3 is 25.4 Å². The number of ether oxygens (including phenoxy) is 1. The van der Waals surface area contributed by atoms with Gasteiger partial charge in [0, 0.05) is 33.7 Å². The third kappa shape index (κ3) is 5.99. The van der Waals surface area contributed by atoms with Crippen LogP contribution in [0.2, 0.25) is 0 Å². The van der Waals surface area contributed by atoms with Gasteiger partial charge in [0.2, 0.25) is 5.91 Å². The van der Waals surface area contributed by atoms with Crippen molar-refractivity contribution in [3.63, 3.8) is 0 Å². The van der Waals surface area contributed by atoms with Crippen molar-refractivity contribution in [3.05, 3.63) is 0 Å². The number of hydrogen-bond donors (Lipinski definition) is 3. The second kappa shape index (κ2) is 8.46. The summed E-state index contributed by atoms with van der Waals surface area (Å²) in [6.07, 6.45) is 0.604. The van der Waals surface area contributed by atoms with Gasteiger partial charge in [0.05, 0.1) is 6.54 Å². The normalized spacial score (nSPS) is 17.1. The van der Waals surface area contributed by atoms with Crippen molar-refractivity contribution in [2.75, 3.05) is 33.3 Å². The van der Waals surface area contributed by atoms with Crippen molar-refractivity contribution in [3.8, 4) is 0 Å². The quantitative estimate of drug-likeness (QED) is 0.621. The predicted octanol–water partition coefficient (Wildman–Crippen LogP) is -0.356. The molecule has 1 aliphatic rings. The molecule has 1 fully saturated rings. The summed E-state index contributed by atoms with van der Waals surface area (Å²) in [6, 6.07) is -0.281. The molecule has 1 aliphatic heterocycles. The lowest BCUT2D eigenvalue weighted by Crippen LogP contribution is -2.48. The van der Waals surface area contributed by atoms with Crippen LogP contribution in [0.1, 0.15) is 19.8 Å². The number of nitrogens with zero attached hydrogens (tertiary/aromatic N) is 1. The fourth-order valence-corrected chi connectivity index (χ4v) is 2.19. The van der Waals surface area contributed by atoms with Gasteiger partial charge >= 0.3 is 12.0 Å². The highest BCUT2D eigenvalue weighted by Gasteiger charge is 2.24. The number of methoxy groups -OCH3 is 1. The summed E-state index contributed by atoms with van der Waals surface area (Å²) in [6.45, 7) is 3.25. The van der Waals surface area contributed by atoms with E-state index in [1.165, 1.54) is 14.0 Å². The molecule has 1 atom stereocenters. The molecular weight excluding hydrogens is 278 g/mol. The molecule has 1 unspecified atom stereocenters. The van der Waals surface area contributed by atoms with Crippen LogP contribution in [0.25, 0.3) is 0 Å². The first kappa shape index (κ1) is 17.2. The Hall–Kier alpha value is -1.83. The summed E-state index contributed by atoms with van der Waals surface area (Å²) in [5, 5.41) is 14.2. The second-order valence-electron chi connectivity index (χ2n) is 5.12. The van der Waals surface area contributed by atoms with E-state index in [1.807, 2.05) is 0 Å². The number of aliphatic carboxylic acids is 1. The average Bonchev–Trinajstić information content (AvgIpc) is 2.45. The first-order valence-corrected chi connectivity index (χ1v) is 6.96. The molecule has 0 bridgehead atoms. The first-order valence-electron chi connectivity index (χ1n) is 6.96. The van der Waals surface area contributed by atoms with Gasteiger partial charge in [-0.15, -0.1) is 0 Å². The van der Waals surface area contributed by atoms with Gasteiger partial charge in [-0.25, -0.2) is 9.59 Å². The number of carboxylic acid groups (broad SMARTS) is 1. The molecule has 0 saturated carbocycles. The molecule has 3 amide bonds. The first-order chi connectivity index (χ1) is 9.93. The Bertz CT molecular complexity index is 380. The summed E-state index contributed by atoms with van der Waals surface area (Å²) in [7, 11) is 1.29. The van der Waals surface area contributed by atoms with Gasteiger partial charge in [-0.2, -0.15) is 0 Å². The molecule has 1 heterocycles. The van der Waals surface area contributed by atoms with E-state index in [2.05, 4.69) is 10.6 Å². The van der Waals surface area contributed by atoms with E-state index in [1.54, 1.807) is 4.90 Å². The summed E-state index contributed by atoms with van der Waals surface area (Å²) in [5.41, 5.74) is 0. The van der Waals surface area contributed by atoms with Gasteiger partial charge in [-0.1, -0.05) is 0 Å². The maximum atomic E-state index is 11.9. The number of carbonyl (C=O) groups excluding carboxylic acids is 2. The Morgan fingerprint density at radius 2 is 1.90 bits per heavy atom. The van der Waals surface area contributed by atoms with Crippen molar-refractivity contribution in [1.29, 1.82) is 0 Å². The topological polar surface area (TPSA) is 108 Å². The van der Waals surface area contributed by atoms with E-state index in [0.29, 0.717) is 25.6 Å². The lowest BCUT2D eigenvalue weighted by molar-refractivity contribution is -0.148. The molecule has 0 aromatic rings. The summed E-state index contributed by atoms with van der Waals surface area (Å²) in [5.74, 6) is -0.773. The Labute approximate surface area is 123 Å². The van der Waals surface area contributed by atoms with Crippen molar-refractivity contribution in [1.82, 2.24) is 15.5 Å². The number of nitrogens with one attached hydrogen (secondary N) is 2. The minimum absolute atomic E-state index is 0.0468. The average molecular weight is 301 g/mol. The molecule has 21 heavy (non-hydrogen) atoms. The molecule has 8 nitrogen and oxygen atoms in total. The highest BCUT2D eigenvalue weighted by Crippen LogP contribution is 2.16. The second-order valence-corrected chi connectivity index (χ2v) is 5.12. The van der Waals surface area contributed by atoms with E-state index in [4.69, 9.17) is 9.84 Å². The number of rotatable bonds is 6. The van der Waals surface area contributed by atoms with Crippen molar-refractivity contribution < 1.29 is 24.2 Å². The van der Waals surface area contributed by atoms with Crippen LogP contribution in [0.5, 0.6) is 0 Å². The molecular formula is C13H23N3O5. The van der Waals surface area contributed by atoms with Crippen LogP contribution in [-0.4, -0.2) is 67.3 Å². The van der Waals surface area contributed by atoms with E-state index in [9.17, 15) is 14.4 Å². The zero-order valence-corrected chi connectivity index (χ0v) is 12.4. The van der Waals surface area contributed by atoms with Gasteiger partial charge in [0.1, 0.15) is 0 Å². The summed E-state index contributed by atoms with van der Waals surface area (Å²) >= 11 is 0. The van der Waals surface area contributed by atoms with E-state index in [0.717, 1.165) is 12.8 Å². The maximum absolute atomic E-state index is 11.9. The van der Waals surface area contributed by atoms with Crippen LogP contribution in [0.3, 0.4) is 0 Å². The SMILES string of the molecule is COC(CNC(=O)N1CCC(CNC(C)=O)CC1)C(=O)O. The van der Waals surface area contributed by atoms with Crippen LogP contribution in [-0.2, 0) is 14.3 Å². The van der Waals surface area contributed by atoms with E-state index in [-0.39, 0.29) is 18.5 Å². The minimum Gasteiger partial charge on any atom is -0.479 e. The molecule has 0 aliphatic carbocycles. The Kier molecular flexibility index (Phi) is 6.93. The molecule has 0 aromatic carbocycles. The fraction of sp³-hybridized carbons (Fsp3) is 0.769. The number of hydrogen-bond acceptors (Lipinski definition) is 4. The Morgan fingerprint density at radius 3 is 2.38 bits per heavy atom. The lowest BCUT2D eigenvalue weighted by Gasteiger charge is -2.32. The third-order valence-electron chi connectivity index (χ3n) is 3.54. The molecule has 0 spiro atoms. The van der Waals surface area contributed by atoms with E-state index >= 15 is 0 Å². The monoisotopic (exact) mass is 301 g/mol. The third-order valence-corrected chi connectivity index (χ3v) is 3.54. The smallest absolute Gasteiger partial charge is 0.334 e. The lowest BCUT2D eigenvalue weighted by atomic mass is 9.97. The van der Waals surface area contributed by atoms with Crippen LogP contribution < -0.4 is 10.6 Å². The minimum atomic E-state index is -1.10. The summed E-state index contributed by atoms with van der Waals surface area (Å²) in [4.78, 5) is 35.2. The van der Waals surface area contributed by atoms with Crippen LogP contribution >= 0.6 is 0 Å². The molecule has 3 N–H and O–H groups in total. The van der Waals surface area contributed by atoms with Gasteiger partial charge in [-0.05, 0) is 18.8 Å². The molecule has 120 valence electrons. The Balaban J connectivity index is 2.28. The van der Waals surface area contributed by atoms with Crippen LogP contribution in [0, 0.1) is 5.92 Å². The number of urea groups is 1.